The van der Waals surface area contributed by atoms with Gasteiger partial charge in [0.2, 0.25) is 7.01 Å². The second kappa shape index (κ2) is 3.13. The van der Waals surface area contributed by atoms with Crippen molar-refractivity contribution in [3.8, 4) is 5.75 Å². The molecule has 0 saturated carbocycles. The molecule has 0 aromatic heterocycles. The van der Waals surface area contributed by atoms with Gasteiger partial charge >= 0.3 is 0 Å². The highest BCUT2D eigenvalue weighted by atomic mass is 127. The molecule has 1 heterocycles. The zero-order valence-electron chi connectivity index (χ0n) is 6.66. The maximum Gasteiger partial charge on any atom is 0.231 e. The number of hydrogen-bond acceptors (Lipinski definition) is 3. The van der Waals surface area contributed by atoms with Gasteiger partial charge in [-0.3, -0.25) is 0 Å². The lowest BCUT2D eigenvalue weighted by Gasteiger charge is -2.00. The molecule has 0 saturated heterocycles. The topological polar surface area (TPSA) is 43.4 Å². The van der Waals surface area contributed by atoms with E-state index in [1.54, 1.807) is 12.1 Å². The number of halogens is 1. The third-order valence-corrected chi connectivity index (χ3v) is 4.29. The lowest BCUT2D eigenvalue weighted by Crippen LogP contribution is -1.90. The van der Waals surface area contributed by atoms with Crippen LogP contribution in [0, 0.1) is 0 Å². The van der Waals surface area contributed by atoms with Crippen LogP contribution in [0.3, 0.4) is 0 Å². The van der Waals surface area contributed by atoms with Crippen LogP contribution in [0.5, 0.6) is 5.75 Å². The van der Waals surface area contributed by atoms with Crippen LogP contribution in [0.4, 0.5) is 0 Å². The fourth-order valence-electron chi connectivity index (χ4n) is 1.30. The van der Waals surface area contributed by atoms with E-state index >= 15 is 0 Å². The smallest absolute Gasteiger partial charge is 0.231 e. The lowest BCUT2D eigenvalue weighted by atomic mass is 10.2. The van der Waals surface area contributed by atoms with Crippen molar-refractivity contribution >= 4 is 28.2 Å². The zero-order valence-corrected chi connectivity index (χ0v) is 9.63. The first kappa shape index (κ1) is 9.26. The average Bonchev–Trinajstić information content (AvgIpc) is 2.47. The summed E-state index contributed by atoms with van der Waals surface area (Å²) in [5.41, 5.74) is 1.09. The summed E-state index contributed by atoms with van der Waals surface area (Å²) in [6.45, 7) is 0.653. The minimum absolute atomic E-state index is 0.314. The Morgan fingerprint density at radius 3 is 2.85 bits per heavy atom. The lowest BCUT2D eigenvalue weighted by molar-refractivity contribution is 0.356. The maximum atomic E-state index is 11.2. The normalized spacial score (nSPS) is 15.2. The Labute approximate surface area is 88.6 Å². The molecule has 1 aromatic carbocycles. The molecule has 0 aliphatic carbocycles. The summed E-state index contributed by atoms with van der Waals surface area (Å²) in [5.74, 6) is 0.706. The minimum atomic E-state index is -3.13. The van der Waals surface area contributed by atoms with Crippen LogP contribution < -0.4 is 4.74 Å². The third kappa shape index (κ3) is 1.80. The van der Waals surface area contributed by atoms with Crippen LogP contribution in [0.1, 0.15) is 5.56 Å². The van der Waals surface area contributed by atoms with E-state index in [0.29, 0.717) is 17.3 Å². The molecule has 0 fully saturated rings. The van der Waals surface area contributed by atoms with E-state index in [1.165, 1.54) is 21.2 Å². The molecular formula is C8H7IO3S. The fourth-order valence-corrected chi connectivity index (χ4v) is 2.60. The number of rotatable bonds is 1. The molecule has 0 amide bonds. The van der Waals surface area contributed by atoms with Crippen molar-refractivity contribution in [2.45, 2.75) is 11.3 Å². The fraction of sp³-hybridized carbons (Fsp3) is 0.250. The van der Waals surface area contributed by atoms with E-state index in [-0.39, 0.29) is 0 Å². The molecule has 1 aliphatic rings. The van der Waals surface area contributed by atoms with Crippen molar-refractivity contribution in [1.82, 2.24) is 0 Å². The molecule has 70 valence electrons. The number of benzene rings is 1. The molecule has 0 spiro atoms. The van der Waals surface area contributed by atoms with Gasteiger partial charge in [0.1, 0.15) is 5.75 Å². The highest BCUT2D eigenvalue weighted by Gasteiger charge is 2.16. The van der Waals surface area contributed by atoms with Crippen molar-refractivity contribution in [3.05, 3.63) is 23.8 Å². The van der Waals surface area contributed by atoms with Crippen LogP contribution in [-0.4, -0.2) is 15.0 Å². The Morgan fingerprint density at radius 1 is 1.38 bits per heavy atom. The molecule has 2 rings (SSSR count). The molecule has 0 unspecified atom stereocenters. The van der Waals surface area contributed by atoms with E-state index in [1.807, 2.05) is 6.07 Å². The van der Waals surface area contributed by atoms with E-state index in [4.69, 9.17) is 4.74 Å². The summed E-state index contributed by atoms with van der Waals surface area (Å²) in [7, 11) is -3.13. The average molecular weight is 310 g/mol. The zero-order chi connectivity index (χ0) is 9.47. The Balaban J connectivity index is 2.54. The van der Waals surface area contributed by atoms with Gasteiger partial charge in [-0.25, -0.2) is 8.42 Å². The van der Waals surface area contributed by atoms with Crippen LogP contribution in [0.2, 0.25) is 0 Å². The van der Waals surface area contributed by atoms with Crippen LogP contribution in [0.15, 0.2) is 23.1 Å². The highest BCUT2D eigenvalue weighted by Crippen LogP contribution is 2.29. The van der Waals surface area contributed by atoms with E-state index < -0.39 is 7.01 Å². The van der Waals surface area contributed by atoms with Gasteiger partial charge in [-0.2, -0.15) is 0 Å². The Bertz CT molecular complexity index is 439. The monoisotopic (exact) mass is 310 g/mol. The Kier molecular flexibility index (Phi) is 2.23. The first-order chi connectivity index (χ1) is 6.07. The van der Waals surface area contributed by atoms with Crippen LogP contribution >= 0.6 is 21.2 Å². The van der Waals surface area contributed by atoms with Crippen molar-refractivity contribution in [1.29, 1.82) is 0 Å². The standard InChI is InChI=1S/C8H7IO3S/c9-13(10,11)7-2-1-6-3-4-12-8(6)5-7/h1-2,5H,3-4H2. The van der Waals surface area contributed by atoms with Gasteiger partial charge in [0, 0.05) is 6.42 Å². The molecule has 1 aliphatic heterocycles. The van der Waals surface area contributed by atoms with Gasteiger partial charge < -0.3 is 4.74 Å². The van der Waals surface area contributed by atoms with Gasteiger partial charge in [0.05, 0.1) is 32.7 Å². The van der Waals surface area contributed by atoms with Crippen molar-refractivity contribution in [2.24, 2.45) is 0 Å². The predicted octanol–water partition coefficient (Wildman–Crippen LogP) is 1.75. The number of hydrogen-bond donors (Lipinski definition) is 0. The number of fused-ring (bicyclic) bond motifs is 1. The number of ether oxygens (including phenoxy) is 1. The van der Waals surface area contributed by atoms with Gasteiger partial charge in [-0.1, -0.05) is 6.07 Å². The Hall–Kier alpha value is -0.300. The SMILES string of the molecule is O=S(=O)(I)c1ccc2c(c1)OCC2. The summed E-state index contributed by atoms with van der Waals surface area (Å²) in [5, 5.41) is 0. The largest absolute Gasteiger partial charge is 0.493 e. The van der Waals surface area contributed by atoms with Crippen LogP contribution in [-0.2, 0) is 13.4 Å². The molecule has 1 aromatic rings. The minimum Gasteiger partial charge on any atom is -0.493 e. The van der Waals surface area contributed by atoms with E-state index in [0.717, 1.165) is 12.0 Å². The molecule has 13 heavy (non-hydrogen) atoms. The molecule has 5 heteroatoms. The molecule has 0 atom stereocenters. The molecule has 0 N–H and O–H groups in total. The van der Waals surface area contributed by atoms with Gasteiger partial charge in [-0.05, 0) is 17.7 Å². The van der Waals surface area contributed by atoms with Gasteiger partial charge in [-0.15, -0.1) is 0 Å². The van der Waals surface area contributed by atoms with Crippen molar-refractivity contribution in [2.75, 3.05) is 6.61 Å². The summed E-state index contributed by atoms with van der Waals surface area (Å²) in [6, 6.07) is 5.02. The molecule has 0 radical (unpaired) electrons. The van der Waals surface area contributed by atoms with Gasteiger partial charge in [0.15, 0.2) is 0 Å². The second-order valence-corrected chi connectivity index (χ2v) is 7.63. The first-order valence-corrected chi connectivity index (χ1v) is 7.80. The Morgan fingerprint density at radius 2 is 2.15 bits per heavy atom. The van der Waals surface area contributed by atoms with Crippen molar-refractivity contribution in [3.63, 3.8) is 0 Å². The summed E-state index contributed by atoms with van der Waals surface area (Å²) in [4.78, 5) is 0.314. The predicted molar refractivity (Wildman–Crippen MR) is 56.8 cm³/mol. The van der Waals surface area contributed by atoms with Crippen LogP contribution in [0.25, 0.3) is 0 Å². The second-order valence-electron chi connectivity index (χ2n) is 2.81. The third-order valence-electron chi connectivity index (χ3n) is 1.95. The summed E-state index contributed by atoms with van der Waals surface area (Å²) < 4.78 is 27.6. The summed E-state index contributed by atoms with van der Waals surface area (Å²) >= 11 is 1.42. The quantitative estimate of drug-likeness (QED) is 0.586. The molecular weight excluding hydrogens is 303 g/mol. The van der Waals surface area contributed by atoms with Crippen molar-refractivity contribution < 1.29 is 13.2 Å². The van der Waals surface area contributed by atoms with E-state index in [9.17, 15) is 8.42 Å². The maximum absolute atomic E-state index is 11.2. The molecule has 0 bridgehead atoms. The first-order valence-electron chi connectivity index (χ1n) is 3.78. The van der Waals surface area contributed by atoms with E-state index in [2.05, 4.69) is 0 Å². The molecule has 3 nitrogen and oxygen atoms in total. The van der Waals surface area contributed by atoms with Gasteiger partial charge in [0.25, 0.3) is 0 Å². The summed E-state index contributed by atoms with van der Waals surface area (Å²) in [6.07, 6.45) is 0.872. The highest BCUT2D eigenvalue weighted by molar-refractivity contribution is 14.2.